The normalized spacial score (nSPS) is 16.7. The van der Waals surface area contributed by atoms with Crippen molar-refractivity contribution in [3.8, 4) is 0 Å². The number of rotatable bonds is 5. The molecule has 0 radical (unpaired) electrons. The predicted molar refractivity (Wildman–Crippen MR) is 83.5 cm³/mol. The molecule has 3 N–H and O–H groups in total. The molecule has 7 heteroatoms. The number of likely N-dealkylation sites (N-methyl/N-ethyl adjacent to an activating group) is 1. The molecule has 1 amide bonds. The van der Waals surface area contributed by atoms with Crippen LogP contribution in [0.5, 0.6) is 0 Å². The van der Waals surface area contributed by atoms with Crippen molar-refractivity contribution >= 4 is 28.2 Å². The number of anilines is 2. The summed E-state index contributed by atoms with van der Waals surface area (Å²) in [7, 11) is 3.96. The monoisotopic (exact) mass is 297 g/mol. The fourth-order valence-electron chi connectivity index (χ4n) is 2.41. The summed E-state index contributed by atoms with van der Waals surface area (Å²) in [6.45, 7) is 4.79. The molecule has 1 atom stereocenters. The molecule has 1 aliphatic heterocycles. The lowest BCUT2D eigenvalue weighted by Gasteiger charge is -2.17. The Balaban J connectivity index is 2.02. The lowest BCUT2D eigenvalue weighted by atomic mass is 10.3. The summed E-state index contributed by atoms with van der Waals surface area (Å²) in [4.78, 5) is 21.3. The molecular formula is C13H23N5OS. The first kappa shape index (κ1) is 15.1. The Hall–Kier alpha value is -1.34. The van der Waals surface area contributed by atoms with Crippen LogP contribution in [0, 0.1) is 0 Å². The van der Waals surface area contributed by atoms with E-state index in [1.807, 2.05) is 25.9 Å². The Morgan fingerprint density at radius 3 is 2.75 bits per heavy atom. The third-order valence-electron chi connectivity index (χ3n) is 3.24. The summed E-state index contributed by atoms with van der Waals surface area (Å²) in [5, 5.41) is 3.83. The second-order valence-electron chi connectivity index (χ2n) is 5.54. The van der Waals surface area contributed by atoms with E-state index >= 15 is 0 Å². The van der Waals surface area contributed by atoms with E-state index in [-0.39, 0.29) is 11.9 Å². The van der Waals surface area contributed by atoms with Crippen molar-refractivity contribution in [1.82, 2.24) is 15.2 Å². The van der Waals surface area contributed by atoms with Crippen molar-refractivity contribution in [3.05, 3.63) is 4.88 Å². The van der Waals surface area contributed by atoms with Crippen LogP contribution in [0.25, 0.3) is 0 Å². The molecule has 2 rings (SSSR count). The number of nitrogens with zero attached hydrogens (tertiary/aromatic N) is 3. The van der Waals surface area contributed by atoms with Crippen LogP contribution in [0.2, 0.25) is 0 Å². The Bertz CT molecular complexity index is 467. The maximum absolute atomic E-state index is 12.2. The van der Waals surface area contributed by atoms with E-state index in [1.165, 1.54) is 24.2 Å². The summed E-state index contributed by atoms with van der Waals surface area (Å²) in [5.41, 5.74) is 5.89. The van der Waals surface area contributed by atoms with Crippen LogP contribution < -0.4 is 16.0 Å². The van der Waals surface area contributed by atoms with Crippen molar-refractivity contribution in [2.24, 2.45) is 0 Å². The Labute approximate surface area is 124 Å². The number of nitrogens with one attached hydrogen (secondary N) is 1. The van der Waals surface area contributed by atoms with Crippen molar-refractivity contribution in [2.75, 3.05) is 44.4 Å². The van der Waals surface area contributed by atoms with Gasteiger partial charge in [0.15, 0.2) is 5.13 Å². The first-order chi connectivity index (χ1) is 9.47. The number of aromatic nitrogens is 1. The Morgan fingerprint density at radius 1 is 1.50 bits per heavy atom. The number of thiazole rings is 1. The van der Waals surface area contributed by atoms with Crippen molar-refractivity contribution in [2.45, 2.75) is 25.8 Å². The predicted octanol–water partition coefficient (Wildman–Crippen LogP) is 1.01. The van der Waals surface area contributed by atoms with E-state index in [0.717, 1.165) is 24.8 Å². The number of amides is 1. The SMILES string of the molecule is CC(CN(C)C)NC(=O)c1sc(N2CCCC2)nc1N. The fraction of sp³-hybridized carbons (Fsp3) is 0.692. The highest BCUT2D eigenvalue weighted by atomic mass is 32.1. The molecule has 1 fully saturated rings. The molecular weight excluding hydrogens is 274 g/mol. The minimum Gasteiger partial charge on any atom is -0.382 e. The number of nitrogen functional groups attached to an aromatic ring is 1. The van der Waals surface area contributed by atoms with Crippen LogP contribution in [-0.2, 0) is 0 Å². The smallest absolute Gasteiger partial charge is 0.265 e. The average molecular weight is 297 g/mol. The lowest BCUT2D eigenvalue weighted by Crippen LogP contribution is -2.39. The molecule has 1 aromatic heterocycles. The molecule has 1 aliphatic rings. The van der Waals surface area contributed by atoms with Crippen LogP contribution >= 0.6 is 11.3 Å². The van der Waals surface area contributed by atoms with Crippen LogP contribution in [-0.4, -0.2) is 55.6 Å². The summed E-state index contributed by atoms with van der Waals surface area (Å²) in [5.74, 6) is 0.214. The van der Waals surface area contributed by atoms with Gasteiger partial charge in [0.05, 0.1) is 0 Å². The summed E-state index contributed by atoms with van der Waals surface area (Å²) >= 11 is 1.39. The molecule has 2 heterocycles. The van der Waals surface area contributed by atoms with Gasteiger partial charge in [0, 0.05) is 25.7 Å². The maximum Gasteiger partial charge on any atom is 0.265 e. The van der Waals surface area contributed by atoms with Gasteiger partial charge in [-0.25, -0.2) is 4.98 Å². The number of hydrogen-bond donors (Lipinski definition) is 2. The molecule has 0 aromatic carbocycles. The zero-order valence-corrected chi connectivity index (χ0v) is 13.2. The summed E-state index contributed by atoms with van der Waals surface area (Å²) < 4.78 is 0. The molecule has 1 aromatic rings. The van der Waals surface area contributed by atoms with E-state index in [0.29, 0.717) is 10.7 Å². The van der Waals surface area contributed by atoms with Gasteiger partial charge >= 0.3 is 0 Å². The van der Waals surface area contributed by atoms with Crippen LogP contribution in [0.1, 0.15) is 29.4 Å². The summed E-state index contributed by atoms with van der Waals surface area (Å²) in [6, 6.07) is 0.0780. The topological polar surface area (TPSA) is 74.5 Å². The molecule has 1 unspecified atom stereocenters. The molecule has 20 heavy (non-hydrogen) atoms. The third kappa shape index (κ3) is 3.61. The Morgan fingerprint density at radius 2 is 2.15 bits per heavy atom. The van der Waals surface area contributed by atoms with Gasteiger partial charge in [0.2, 0.25) is 0 Å². The van der Waals surface area contributed by atoms with E-state index in [4.69, 9.17) is 5.73 Å². The zero-order valence-electron chi connectivity index (χ0n) is 12.3. The van der Waals surface area contributed by atoms with Crippen molar-refractivity contribution < 1.29 is 4.79 Å². The number of carbonyl (C=O) groups is 1. The molecule has 0 bridgehead atoms. The standard InChI is InChI=1S/C13H23N5OS/c1-9(8-17(2)3)15-12(19)10-11(14)16-13(20-10)18-6-4-5-7-18/h9H,4-8,14H2,1-3H3,(H,15,19). The molecule has 112 valence electrons. The Kier molecular flexibility index (Phi) is 4.82. The van der Waals surface area contributed by atoms with Gasteiger partial charge in [-0.15, -0.1) is 0 Å². The summed E-state index contributed by atoms with van der Waals surface area (Å²) in [6.07, 6.45) is 2.36. The third-order valence-corrected chi connectivity index (χ3v) is 4.37. The van der Waals surface area contributed by atoms with E-state index in [1.54, 1.807) is 0 Å². The number of nitrogens with two attached hydrogens (primary N) is 1. The minimum atomic E-state index is -0.125. The number of hydrogen-bond acceptors (Lipinski definition) is 6. The van der Waals surface area contributed by atoms with Crippen LogP contribution in [0.15, 0.2) is 0 Å². The zero-order chi connectivity index (χ0) is 14.7. The van der Waals surface area contributed by atoms with Gasteiger partial charge in [0.1, 0.15) is 10.7 Å². The van der Waals surface area contributed by atoms with Crippen LogP contribution in [0.3, 0.4) is 0 Å². The fourth-order valence-corrected chi connectivity index (χ4v) is 3.35. The van der Waals surface area contributed by atoms with E-state index in [9.17, 15) is 4.79 Å². The lowest BCUT2D eigenvalue weighted by molar-refractivity contribution is 0.0939. The maximum atomic E-state index is 12.2. The van der Waals surface area contributed by atoms with Gasteiger partial charge in [-0.3, -0.25) is 4.79 Å². The first-order valence-electron chi connectivity index (χ1n) is 6.94. The van der Waals surface area contributed by atoms with Gasteiger partial charge in [-0.1, -0.05) is 11.3 Å². The second-order valence-corrected chi connectivity index (χ2v) is 6.52. The van der Waals surface area contributed by atoms with Gasteiger partial charge in [0.25, 0.3) is 5.91 Å². The molecule has 0 saturated carbocycles. The van der Waals surface area contributed by atoms with E-state index < -0.39 is 0 Å². The quantitative estimate of drug-likeness (QED) is 0.848. The van der Waals surface area contributed by atoms with Gasteiger partial charge in [-0.2, -0.15) is 0 Å². The molecule has 6 nitrogen and oxygen atoms in total. The first-order valence-corrected chi connectivity index (χ1v) is 7.76. The van der Waals surface area contributed by atoms with E-state index in [2.05, 4.69) is 15.2 Å². The van der Waals surface area contributed by atoms with Crippen molar-refractivity contribution in [3.63, 3.8) is 0 Å². The number of carbonyl (C=O) groups excluding carboxylic acids is 1. The molecule has 1 saturated heterocycles. The highest BCUT2D eigenvalue weighted by molar-refractivity contribution is 7.18. The highest BCUT2D eigenvalue weighted by Crippen LogP contribution is 2.30. The minimum absolute atomic E-state index is 0.0780. The van der Waals surface area contributed by atoms with Gasteiger partial charge in [-0.05, 0) is 33.9 Å². The average Bonchev–Trinajstić information content (AvgIpc) is 2.95. The van der Waals surface area contributed by atoms with Gasteiger partial charge < -0.3 is 20.9 Å². The van der Waals surface area contributed by atoms with Crippen molar-refractivity contribution in [1.29, 1.82) is 0 Å². The molecule has 0 spiro atoms. The van der Waals surface area contributed by atoms with Crippen LogP contribution in [0.4, 0.5) is 10.9 Å². The highest BCUT2D eigenvalue weighted by Gasteiger charge is 2.22. The second kappa shape index (κ2) is 6.41. The molecule has 0 aliphatic carbocycles. The largest absolute Gasteiger partial charge is 0.382 e.